The third-order valence-corrected chi connectivity index (χ3v) is 4.70. The van der Waals surface area contributed by atoms with Crippen molar-refractivity contribution in [2.24, 2.45) is 7.05 Å². The van der Waals surface area contributed by atoms with Gasteiger partial charge in [0.15, 0.2) is 5.82 Å². The van der Waals surface area contributed by atoms with Crippen LogP contribution in [-0.2, 0) is 7.05 Å². The molecule has 4 nitrogen and oxygen atoms in total. The lowest BCUT2D eigenvalue weighted by atomic mass is 10.2. The van der Waals surface area contributed by atoms with Gasteiger partial charge in [-0.2, -0.15) is 0 Å². The molecule has 1 aromatic carbocycles. The van der Waals surface area contributed by atoms with Gasteiger partial charge in [-0.1, -0.05) is 0 Å². The van der Waals surface area contributed by atoms with E-state index < -0.39 is 0 Å². The lowest BCUT2D eigenvalue weighted by Gasteiger charge is -2.19. The Labute approximate surface area is 126 Å². The molecule has 0 amide bonds. The van der Waals surface area contributed by atoms with Gasteiger partial charge in [0.2, 0.25) is 0 Å². The summed E-state index contributed by atoms with van der Waals surface area (Å²) < 4.78 is 3.24. The first-order valence-corrected chi connectivity index (χ1v) is 7.59. The number of aryl methyl sites for hydroxylation is 1. The molecule has 4 rings (SSSR count). The second-order valence-electron chi connectivity index (χ2n) is 5.06. The summed E-state index contributed by atoms with van der Waals surface area (Å²) >= 11 is 1.67. The Balaban J connectivity index is 1.85. The summed E-state index contributed by atoms with van der Waals surface area (Å²) in [4.78, 5) is 10.9. The zero-order valence-electron chi connectivity index (χ0n) is 11.8. The van der Waals surface area contributed by atoms with E-state index in [4.69, 9.17) is 0 Å². The molecule has 0 atom stereocenters. The molecule has 0 fully saturated rings. The van der Waals surface area contributed by atoms with Crippen molar-refractivity contribution < 1.29 is 0 Å². The summed E-state index contributed by atoms with van der Waals surface area (Å²) in [7, 11) is 4.11. The van der Waals surface area contributed by atoms with Gasteiger partial charge in [0.25, 0.3) is 0 Å². The largest absolute Gasteiger partial charge is 0.351 e. The van der Waals surface area contributed by atoms with Crippen molar-refractivity contribution in [1.82, 2.24) is 14.5 Å². The van der Waals surface area contributed by atoms with Crippen LogP contribution in [0.4, 0.5) is 11.5 Å². The quantitative estimate of drug-likeness (QED) is 0.561. The molecule has 3 heterocycles. The fraction of sp³-hybridized carbons (Fsp3) is 0.125. The smallest absolute Gasteiger partial charge is 0.154 e. The van der Waals surface area contributed by atoms with Crippen molar-refractivity contribution in [2.75, 3.05) is 11.9 Å². The van der Waals surface area contributed by atoms with Crippen LogP contribution >= 0.6 is 11.3 Å². The van der Waals surface area contributed by atoms with E-state index in [1.807, 2.05) is 13.1 Å². The first-order chi connectivity index (χ1) is 10.2. The van der Waals surface area contributed by atoms with Crippen molar-refractivity contribution in [3.05, 3.63) is 48.2 Å². The summed E-state index contributed by atoms with van der Waals surface area (Å²) in [5.74, 6) is 0.949. The number of hydrogen-bond donors (Lipinski definition) is 0. The third-order valence-electron chi connectivity index (χ3n) is 3.80. The van der Waals surface area contributed by atoms with Crippen LogP contribution in [0.25, 0.3) is 21.1 Å². The van der Waals surface area contributed by atoms with Gasteiger partial charge < -0.3 is 9.47 Å². The van der Waals surface area contributed by atoms with E-state index in [1.165, 1.54) is 10.9 Å². The molecular formula is C16H14N4S. The summed E-state index contributed by atoms with van der Waals surface area (Å²) in [5.41, 5.74) is 3.36. The Kier molecular flexibility index (Phi) is 2.68. The highest BCUT2D eigenvalue weighted by atomic mass is 32.1. The maximum absolute atomic E-state index is 4.46. The van der Waals surface area contributed by atoms with E-state index in [2.05, 4.69) is 62.3 Å². The van der Waals surface area contributed by atoms with Crippen molar-refractivity contribution >= 4 is 44.0 Å². The number of nitrogens with zero attached hydrogens (tertiary/aromatic N) is 4. The van der Waals surface area contributed by atoms with Gasteiger partial charge in [0.1, 0.15) is 6.33 Å². The predicted molar refractivity (Wildman–Crippen MR) is 88.4 cm³/mol. The van der Waals surface area contributed by atoms with E-state index in [9.17, 15) is 0 Å². The number of thiophene rings is 1. The lowest BCUT2D eigenvalue weighted by molar-refractivity contribution is 0.969. The maximum Gasteiger partial charge on any atom is 0.154 e. The van der Waals surface area contributed by atoms with Gasteiger partial charge in [-0.25, -0.2) is 9.97 Å². The van der Waals surface area contributed by atoms with Gasteiger partial charge >= 0.3 is 0 Å². The maximum atomic E-state index is 4.46. The molecule has 0 spiro atoms. The van der Waals surface area contributed by atoms with Crippen LogP contribution in [0, 0.1) is 0 Å². The standard InChI is InChI=1S/C16H14N4S/c1-19-7-5-11-9-12(3-4-14(11)19)20(2)16-15-13(6-8-21-15)17-10-18-16/h3-10H,1-2H3. The summed E-state index contributed by atoms with van der Waals surface area (Å²) in [6.45, 7) is 0. The Morgan fingerprint density at radius 1 is 1.14 bits per heavy atom. The molecule has 0 saturated carbocycles. The molecular weight excluding hydrogens is 280 g/mol. The normalized spacial score (nSPS) is 11.3. The van der Waals surface area contributed by atoms with Gasteiger partial charge in [0.05, 0.1) is 10.2 Å². The number of fused-ring (bicyclic) bond motifs is 2. The van der Waals surface area contributed by atoms with Crippen LogP contribution in [-0.4, -0.2) is 21.6 Å². The first-order valence-electron chi connectivity index (χ1n) is 6.71. The lowest BCUT2D eigenvalue weighted by Crippen LogP contribution is -2.11. The molecule has 0 aliphatic heterocycles. The third kappa shape index (κ3) is 1.89. The predicted octanol–water partition coefficient (Wildman–Crippen LogP) is 3.95. The van der Waals surface area contributed by atoms with Crippen molar-refractivity contribution in [3.8, 4) is 0 Å². The minimum absolute atomic E-state index is 0.949. The minimum atomic E-state index is 0.949. The van der Waals surface area contributed by atoms with E-state index in [1.54, 1.807) is 17.7 Å². The molecule has 4 aromatic rings. The second kappa shape index (κ2) is 4.56. The average Bonchev–Trinajstić information content (AvgIpc) is 3.13. The minimum Gasteiger partial charge on any atom is -0.351 e. The monoisotopic (exact) mass is 294 g/mol. The van der Waals surface area contributed by atoms with Crippen LogP contribution in [0.5, 0.6) is 0 Å². The van der Waals surface area contributed by atoms with Gasteiger partial charge in [-0.05, 0) is 35.7 Å². The summed E-state index contributed by atoms with van der Waals surface area (Å²) in [6.07, 6.45) is 3.71. The number of hydrogen-bond acceptors (Lipinski definition) is 4. The van der Waals surface area contributed by atoms with E-state index in [0.29, 0.717) is 0 Å². The number of anilines is 2. The molecule has 5 heteroatoms. The zero-order chi connectivity index (χ0) is 14.4. The molecule has 0 bridgehead atoms. The van der Waals surface area contributed by atoms with Crippen LogP contribution in [0.2, 0.25) is 0 Å². The Morgan fingerprint density at radius 3 is 2.95 bits per heavy atom. The molecule has 0 saturated heterocycles. The topological polar surface area (TPSA) is 34.0 Å². The van der Waals surface area contributed by atoms with Gasteiger partial charge in [0, 0.05) is 36.9 Å². The number of benzene rings is 1. The van der Waals surface area contributed by atoms with Crippen LogP contribution < -0.4 is 4.90 Å². The highest BCUT2D eigenvalue weighted by molar-refractivity contribution is 7.17. The van der Waals surface area contributed by atoms with Gasteiger partial charge in [-0.3, -0.25) is 0 Å². The highest BCUT2D eigenvalue weighted by Crippen LogP contribution is 2.32. The SMILES string of the molecule is CN(c1ccc2c(ccn2C)c1)c1ncnc2ccsc12. The van der Waals surface area contributed by atoms with Crippen molar-refractivity contribution in [1.29, 1.82) is 0 Å². The van der Waals surface area contributed by atoms with E-state index in [0.717, 1.165) is 21.7 Å². The molecule has 0 unspecified atom stereocenters. The molecule has 0 aliphatic rings. The second-order valence-corrected chi connectivity index (χ2v) is 5.98. The Morgan fingerprint density at radius 2 is 2.05 bits per heavy atom. The van der Waals surface area contributed by atoms with Crippen LogP contribution in [0.1, 0.15) is 0 Å². The number of aromatic nitrogens is 3. The molecule has 0 N–H and O–H groups in total. The van der Waals surface area contributed by atoms with Gasteiger partial charge in [-0.15, -0.1) is 11.3 Å². The fourth-order valence-corrected chi connectivity index (χ4v) is 3.48. The Bertz CT molecular complexity index is 938. The fourth-order valence-electron chi connectivity index (χ4n) is 2.61. The highest BCUT2D eigenvalue weighted by Gasteiger charge is 2.12. The molecule has 0 aliphatic carbocycles. The van der Waals surface area contributed by atoms with Crippen molar-refractivity contribution in [2.45, 2.75) is 0 Å². The first kappa shape index (κ1) is 12.3. The Hall–Kier alpha value is -2.40. The number of rotatable bonds is 2. The van der Waals surface area contributed by atoms with Crippen LogP contribution in [0.15, 0.2) is 48.2 Å². The zero-order valence-corrected chi connectivity index (χ0v) is 12.6. The summed E-state index contributed by atoms with van der Waals surface area (Å²) in [6, 6.07) is 10.6. The van der Waals surface area contributed by atoms with E-state index >= 15 is 0 Å². The average molecular weight is 294 g/mol. The molecule has 21 heavy (non-hydrogen) atoms. The summed E-state index contributed by atoms with van der Waals surface area (Å²) in [5, 5.41) is 3.29. The molecule has 0 radical (unpaired) electrons. The van der Waals surface area contributed by atoms with Crippen LogP contribution in [0.3, 0.4) is 0 Å². The molecule has 104 valence electrons. The van der Waals surface area contributed by atoms with E-state index in [-0.39, 0.29) is 0 Å². The molecule has 3 aromatic heterocycles. The van der Waals surface area contributed by atoms with Crippen molar-refractivity contribution in [3.63, 3.8) is 0 Å².